The second-order valence-corrected chi connectivity index (χ2v) is 3.69. The molecule has 2 N–H and O–H groups in total. The summed E-state index contributed by atoms with van der Waals surface area (Å²) in [6.45, 7) is 8.82. The summed E-state index contributed by atoms with van der Waals surface area (Å²) in [5.74, 6) is 0. The molecule has 0 saturated heterocycles. The molecule has 0 aromatic heterocycles. The van der Waals surface area contributed by atoms with Crippen LogP contribution < -0.4 is 5.32 Å². The predicted octanol–water partition coefficient (Wildman–Crippen LogP) is 1.06. The fourth-order valence-electron chi connectivity index (χ4n) is 0.585. The number of aliphatic hydroxyl groups is 1. The summed E-state index contributed by atoms with van der Waals surface area (Å²) in [5, 5.41) is 11.4. The number of amides is 1. The molecular formula is C9H17NO3. The normalized spacial score (nSPS) is 13.2. The second-order valence-electron chi connectivity index (χ2n) is 3.69. The lowest BCUT2D eigenvalue weighted by Crippen LogP contribution is -2.36. The molecule has 0 aromatic carbocycles. The Morgan fingerprint density at radius 2 is 2.23 bits per heavy atom. The summed E-state index contributed by atoms with van der Waals surface area (Å²) in [5.41, 5.74) is -0.511. The number of ether oxygens (including phenoxy) is 1. The van der Waals surface area contributed by atoms with Gasteiger partial charge in [-0.1, -0.05) is 6.08 Å². The van der Waals surface area contributed by atoms with Crippen molar-refractivity contribution in [2.24, 2.45) is 0 Å². The van der Waals surface area contributed by atoms with Gasteiger partial charge in [-0.25, -0.2) is 4.79 Å². The van der Waals surface area contributed by atoms with E-state index in [1.54, 1.807) is 20.8 Å². The third kappa shape index (κ3) is 7.33. The van der Waals surface area contributed by atoms with Crippen molar-refractivity contribution in [3.63, 3.8) is 0 Å². The lowest BCUT2D eigenvalue weighted by atomic mass is 10.2. The minimum atomic E-state index is -0.729. The van der Waals surface area contributed by atoms with Crippen LogP contribution in [0.15, 0.2) is 12.7 Å². The van der Waals surface area contributed by atoms with Gasteiger partial charge in [-0.3, -0.25) is 0 Å². The monoisotopic (exact) mass is 187 g/mol. The van der Waals surface area contributed by atoms with Crippen LogP contribution in [0.3, 0.4) is 0 Å². The molecule has 1 atom stereocenters. The Kier molecular flexibility index (Phi) is 4.48. The van der Waals surface area contributed by atoms with Gasteiger partial charge in [0.25, 0.3) is 0 Å². The maximum absolute atomic E-state index is 11.0. The van der Waals surface area contributed by atoms with Crippen molar-refractivity contribution >= 4 is 6.09 Å². The van der Waals surface area contributed by atoms with Gasteiger partial charge in [0.05, 0.1) is 12.6 Å². The number of hydrogen-bond acceptors (Lipinski definition) is 3. The highest BCUT2D eigenvalue weighted by Gasteiger charge is 2.15. The van der Waals surface area contributed by atoms with Crippen molar-refractivity contribution in [3.05, 3.63) is 12.7 Å². The van der Waals surface area contributed by atoms with Gasteiger partial charge in [-0.15, -0.1) is 6.58 Å². The standard InChI is InChI=1S/C9H17NO3/c1-5-7(11)6-10-8(12)13-9(2,3)4/h5,7,11H,1,6H2,2-4H3,(H,10,12)/t7-/m0/s1. The zero-order chi connectivity index (χ0) is 10.5. The fraction of sp³-hybridized carbons (Fsp3) is 0.667. The molecular weight excluding hydrogens is 170 g/mol. The van der Waals surface area contributed by atoms with Gasteiger partial charge in [0.15, 0.2) is 0 Å². The molecule has 0 heterocycles. The minimum absolute atomic E-state index is 0.123. The maximum Gasteiger partial charge on any atom is 0.407 e. The van der Waals surface area contributed by atoms with Gasteiger partial charge in [-0.05, 0) is 20.8 Å². The minimum Gasteiger partial charge on any atom is -0.444 e. The summed E-state index contributed by atoms with van der Waals surface area (Å²) in [7, 11) is 0. The molecule has 0 aromatic rings. The van der Waals surface area contributed by atoms with Gasteiger partial charge in [0.1, 0.15) is 5.60 Å². The molecule has 0 aliphatic carbocycles. The van der Waals surface area contributed by atoms with Gasteiger partial charge in [0, 0.05) is 0 Å². The summed E-state index contributed by atoms with van der Waals surface area (Å²) in [6, 6.07) is 0. The van der Waals surface area contributed by atoms with Crippen LogP contribution in [-0.4, -0.2) is 29.4 Å². The molecule has 0 aliphatic heterocycles. The largest absolute Gasteiger partial charge is 0.444 e. The van der Waals surface area contributed by atoms with Crippen LogP contribution in [0.25, 0.3) is 0 Å². The first-order chi connectivity index (χ1) is 5.85. The van der Waals surface area contributed by atoms with Crippen LogP contribution >= 0.6 is 0 Å². The van der Waals surface area contributed by atoms with Crippen LogP contribution in [-0.2, 0) is 4.74 Å². The Morgan fingerprint density at radius 1 is 1.69 bits per heavy atom. The van der Waals surface area contributed by atoms with E-state index in [1.807, 2.05) is 0 Å². The highest BCUT2D eigenvalue weighted by Crippen LogP contribution is 2.06. The molecule has 0 fully saturated rings. The third-order valence-electron chi connectivity index (χ3n) is 1.13. The predicted molar refractivity (Wildman–Crippen MR) is 50.4 cm³/mol. The lowest BCUT2D eigenvalue weighted by Gasteiger charge is -2.20. The van der Waals surface area contributed by atoms with E-state index in [9.17, 15) is 4.79 Å². The quantitative estimate of drug-likeness (QED) is 0.649. The molecule has 0 aliphatic rings. The summed E-state index contributed by atoms with van der Waals surface area (Å²) in [6.07, 6.45) is 0.0816. The Hall–Kier alpha value is -1.03. The molecule has 4 nitrogen and oxygen atoms in total. The van der Waals surface area contributed by atoms with Crippen molar-refractivity contribution in [1.82, 2.24) is 5.32 Å². The van der Waals surface area contributed by atoms with E-state index in [0.29, 0.717) is 0 Å². The Bertz CT molecular complexity index is 184. The smallest absolute Gasteiger partial charge is 0.407 e. The van der Waals surface area contributed by atoms with Gasteiger partial charge in [-0.2, -0.15) is 0 Å². The highest BCUT2D eigenvalue weighted by atomic mass is 16.6. The molecule has 0 unspecified atom stereocenters. The summed E-state index contributed by atoms with van der Waals surface area (Å²) < 4.78 is 4.94. The number of hydrogen-bond donors (Lipinski definition) is 2. The fourth-order valence-corrected chi connectivity index (χ4v) is 0.585. The van der Waals surface area contributed by atoms with Crippen molar-refractivity contribution in [2.45, 2.75) is 32.5 Å². The van der Waals surface area contributed by atoms with Crippen molar-refractivity contribution < 1.29 is 14.6 Å². The van der Waals surface area contributed by atoms with E-state index in [1.165, 1.54) is 6.08 Å². The van der Waals surface area contributed by atoms with Gasteiger partial charge >= 0.3 is 6.09 Å². The van der Waals surface area contributed by atoms with Crippen LogP contribution in [0.4, 0.5) is 4.79 Å². The molecule has 0 saturated carbocycles. The Labute approximate surface area is 78.6 Å². The van der Waals surface area contributed by atoms with Crippen LogP contribution in [0.5, 0.6) is 0 Å². The third-order valence-corrected chi connectivity index (χ3v) is 1.13. The molecule has 13 heavy (non-hydrogen) atoms. The molecule has 1 amide bonds. The zero-order valence-corrected chi connectivity index (χ0v) is 8.33. The lowest BCUT2D eigenvalue weighted by molar-refractivity contribution is 0.0505. The Morgan fingerprint density at radius 3 is 2.62 bits per heavy atom. The Balaban J connectivity index is 3.70. The summed E-state index contributed by atoms with van der Waals surface area (Å²) in [4.78, 5) is 11.0. The van der Waals surface area contributed by atoms with E-state index in [-0.39, 0.29) is 6.54 Å². The van der Waals surface area contributed by atoms with E-state index in [0.717, 1.165) is 0 Å². The molecule has 76 valence electrons. The molecule has 0 bridgehead atoms. The van der Waals surface area contributed by atoms with Crippen molar-refractivity contribution in [2.75, 3.05) is 6.54 Å². The first kappa shape index (κ1) is 12.0. The molecule has 4 heteroatoms. The first-order valence-corrected chi connectivity index (χ1v) is 4.12. The highest BCUT2D eigenvalue weighted by molar-refractivity contribution is 5.67. The van der Waals surface area contributed by atoms with E-state index in [4.69, 9.17) is 9.84 Å². The first-order valence-electron chi connectivity index (χ1n) is 4.12. The van der Waals surface area contributed by atoms with Crippen LogP contribution in [0.1, 0.15) is 20.8 Å². The number of alkyl carbamates (subject to hydrolysis) is 1. The topological polar surface area (TPSA) is 58.6 Å². The molecule has 0 rings (SSSR count). The van der Waals surface area contributed by atoms with E-state index in [2.05, 4.69) is 11.9 Å². The number of carbonyl (C=O) groups excluding carboxylic acids is 1. The number of nitrogens with one attached hydrogen (secondary N) is 1. The SMILES string of the molecule is C=C[C@H](O)CNC(=O)OC(C)(C)C. The van der Waals surface area contributed by atoms with E-state index < -0.39 is 17.8 Å². The number of aliphatic hydroxyl groups excluding tert-OH is 1. The van der Waals surface area contributed by atoms with Crippen LogP contribution in [0, 0.1) is 0 Å². The summed E-state index contributed by atoms with van der Waals surface area (Å²) >= 11 is 0. The zero-order valence-electron chi connectivity index (χ0n) is 8.33. The van der Waals surface area contributed by atoms with Crippen molar-refractivity contribution in [1.29, 1.82) is 0 Å². The van der Waals surface area contributed by atoms with E-state index >= 15 is 0 Å². The second kappa shape index (κ2) is 4.87. The molecule has 0 spiro atoms. The van der Waals surface area contributed by atoms with Gasteiger partial charge < -0.3 is 15.2 Å². The number of carbonyl (C=O) groups is 1. The molecule has 0 radical (unpaired) electrons. The average Bonchev–Trinajstić information content (AvgIpc) is 1.97. The van der Waals surface area contributed by atoms with Crippen LogP contribution in [0.2, 0.25) is 0 Å². The average molecular weight is 187 g/mol. The van der Waals surface area contributed by atoms with Crippen molar-refractivity contribution in [3.8, 4) is 0 Å². The maximum atomic E-state index is 11.0. The number of rotatable bonds is 3. The van der Waals surface area contributed by atoms with Gasteiger partial charge in [0.2, 0.25) is 0 Å².